The van der Waals surface area contributed by atoms with Crippen LogP contribution in [0, 0.1) is 5.92 Å². The fourth-order valence-corrected chi connectivity index (χ4v) is 1.70. The van der Waals surface area contributed by atoms with Crippen molar-refractivity contribution >= 4 is 17.6 Å². The molecule has 0 aliphatic heterocycles. The second-order valence-corrected chi connectivity index (χ2v) is 3.95. The summed E-state index contributed by atoms with van der Waals surface area (Å²) in [6.45, 7) is 3.83. The largest absolute Gasteiger partial charge is 0.465 e. The van der Waals surface area contributed by atoms with Gasteiger partial charge in [-0.15, -0.1) is 0 Å². The Bertz CT molecular complexity index is 403. The third-order valence-corrected chi connectivity index (χ3v) is 2.75. The first-order valence-corrected chi connectivity index (χ1v) is 6.11. The molecule has 1 aromatic carbocycles. The van der Waals surface area contributed by atoms with Gasteiger partial charge >= 0.3 is 5.97 Å². The van der Waals surface area contributed by atoms with E-state index in [2.05, 4.69) is 0 Å². The summed E-state index contributed by atoms with van der Waals surface area (Å²) in [5, 5.41) is 0. The molecule has 0 aliphatic carbocycles. The summed E-state index contributed by atoms with van der Waals surface area (Å²) in [7, 11) is 1.67. The van der Waals surface area contributed by atoms with E-state index in [1.165, 1.54) is 4.90 Å². The van der Waals surface area contributed by atoms with Crippen molar-refractivity contribution in [2.45, 2.75) is 20.3 Å². The van der Waals surface area contributed by atoms with E-state index < -0.39 is 11.9 Å². The topological polar surface area (TPSA) is 46.6 Å². The first-order valence-electron chi connectivity index (χ1n) is 6.11. The maximum atomic E-state index is 12.2. The molecule has 0 heterocycles. The Morgan fingerprint density at radius 3 is 2.33 bits per heavy atom. The van der Waals surface area contributed by atoms with E-state index in [9.17, 15) is 9.59 Å². The molecule has 4 heteroatoms. The number of carbonyl (C=O) groups excluding carboxylic acids is 2. The van der Waals surface area contributed by atoms with Gasteiger partial charge in [0.1, 0.15) is 5.92 Å². The van der Waals surface area contributed by atoms with E-state index in [0.29, 0.717) is 6.42 Å². The minimum absolute atomic E-state index is 0.234. The summed E-state index contributed by atoms with van der Waals surface area (Å²) in [5.41, 5.74) is 0.769. The first kappa shape index (κ1) is 14.2. The van der Waals surface area contributed by atoms with Gasteiger partial charge in [-0.05, 0) is 25.5 Å². The number of esters is 1. The van der Waals surface area contributed by atoms with E-state index >= 15 is 0 Å². The molecular formula is C14H19NO3. The Morgan fingerprint density at radius 2 is 1.83 bits per heavy atom. The van der Waals surface area contributed by atoms with Crippen LogP contribution in [0.25, 0.3) is 0 Å². The van der Waals surface area contributed by atoms with Crippen molar-refractivity contribution in [3.05, 3.63) is 30.3 Å². The molecule has 1 rings (SSSR count). The van der Waals surface area contributed by atoms with Crippen molar-refractivity contribution < 1.29 is 14.3 Å². The minimum Gasteiger partial charge on any atom is -0.465 e. The lowest BCUT2D eigenvalue weighted by Crippen LogP contribution is -2.37. The van der Waals surface area contributed by atoms with Gasteiger partial charge in [-0.3, -0.25) is 9.59 Å². The third kappa shape index (κ3) is 3.32. The van der Waals surface area contributed by atoms with Gasteiger partial charge in [-0.2, -0.15) is 0 Å². The standard InChI is InChI=1S/C14H19NO3/c1-4-12(14(17)18-5-2)13(16)15(3)11-9-7-6-8-10-11/h6-10,12H,4-5H2,1-3H3. The number of rotatable bonds is 5. The van der Waals surface area contributed by atoms with E-state index in [1.807, 2.05) is 30.3 Å². The van der Waals surface area contributed by atoms with Gasteiger partial charge in [-0.1, -0.05) is 25.1 Å². The average Bonchev–Trinajstić information content (AvgIpc) is 2.40. The van der Waals surface area contributed by atoms with Crippen LogP contribution in [0.2, 0.25) is 0 Å². The van der Waals surface area contributed by atoms with Crippen LogP contribution in [-0.2, 0) is 14.3 Å². The molecule has 0 bridgehead atoms. The van der Waals surface area contributed by atoms with E-state index in [1.54, 1.807) is 20.9 Å². The van der Waals surface area contributed by atoms with Crippen LogP contribution in [0.4, 0.5) is 5.69 Å². The predicted molar refractivity (Wildman–Crippen MR) is 70.3 cm³/mol. The Hall–Kier alpha value is -1.84. The monoisotopic (exact) mass is 249 g/mol. The molecule has 0 aliphatic rings. The summed E-state index contributed by atoms with van der Waals surface area (Å²) < 4.78 is 4.92. The summed E-state index contributed by atoms with van der Waals surface area (Å²) in [6.07, 6.45) is 0.439. The fourth-order valence-electron chi connectivity index (χ4n) is 1.70. The zero-order valence-corrected chi connectivity index (χ0v) is 11.1. The number of hydrogen-bond donors (Lipinski definition) is 0. The number of ether oxygens (including phenoxy) is 1. The van der Waals surface area contributed by atoms with E-state index in [-0.39, 0.29) is 12.5 Å². The first-order chi connectivity index (χ1) is 8.61. The van der Waals surface area contributed by atoms with Gasteiger partial charge in [0.25, 0.3) is 0 Å². The molecule has 0 radical (unpaired) electrons. The lowest BCUT2D eigenvalue weighted by atomic mass is 10.1. The highest BCUT2D eigenvalue weighted by atomic mass is 16.5. The van der Waals surface area contributed by atoms with Crippen LogP contribution in [-0.4, -0.2) is 25.5 Å². The van der Waals surface area contributed by atoms with Crippen LogP contribution in [0.15, 0.2) is 30.3 Å². The third-order valence-electron chi connectivity index (χ3n) is 2.75. The Labute approximate surface area is 108 Å². The molecule has 1 amide bonds. The average molecular weight is 249 g/mol. The molecule has 0 fully saturated rings. The summed E-state index contributed by atoms with van der Waals surface area (Å²) in [6, 6.07) is 9.24. The molecule has 0 spiro atoms. The predicted octanol–water partition coefficient (Wildman–Crippen LogP) is 2.24. The summed E-state index contributed by atoms with van der Waals surface area (Å²) in [5.74, 6) is -1.41. The van der Waals surface area contributed by atoms with Gasteiger partial charge in [0.2, 0.25) is 5.91 Å². The normalized spacial score (nSPS) is 11.7. The minimum atomic E-state index is -0.727. The zero-order chi connectivity index (χ0) is 13.5. The van der Waals surface area contributed by atoms with Crippen LogP contribution in [0.3, 0.4) is 0 Å². The molecule has 1 unspecified atom stereocenters. The smallest absolute Gasteiger partial charge is 0.318 e. The highest BCUT2D eigenvalue weighted by molar-refractivity contribution is 6.05. The number of anilines is 1. The van der Waals surface area contributed by atoms with Crippen LogP contribution < -0.4 is 4.90 Å². The second-order valence-electron chi connectivity index (χ2n) is 3.95. The maximum Gasteiger partial charge on any atom is 0.318 e. The van der Waals surface area contributed by atoms with Crippen LogP contribution in [0.1, 0.15) is 20.3 Å². The SMILES string of the molecule is CCOC(=O)C(CC)C(=O)N(C)c1ccccc1. The molecule has 18 heavy (non-hydrogen) atoms. The molecule has 4 nitrogen and oxygen atoms in total. The molecule has 1 atom stereocenters. The van der Waals surface area contributed by atoms with E-state index in [0.717, 1.165) is 5.69 Å². The molecule has 0 aromatic heterocycles. The van der Waals surface area contributed by atoms with Gasteiger partial charge < -0.3 is 9.64 Å². The lowest BCUT2D eigenvalue weighted by Gasteiger charge is -2.21. The van der Waals surface area contributed by atoms with Gasteiger partial charge in [0, 0.05) is 12.7 Å². The van der Waals surface area contributed by atoms with Crippen molar-refractivity contribution in [2.75, 3.05) is 18.6 Å². The van der Waals surface area contributed by atoms with Crippen molar-refractivity contribution in [3.63, 3.8) is 0 Å². The number of amides is 1. The molecule has 0 N–H and O–H groups in total. The fraction of sp³-hybridized carbons (Fsp3) is 0.429. The molecule has 98 valence electrons. The summed E-state index contributed by atoms with van der Waals surface area (Å²) in [4.78, 5) is 25.4. The summed E-state index contributed by atoms with van der Waals surface area (Å²) >= 11 is 0. The van der Waals surface area contributed by atoms with Gasteiger partial charge in [-0.25, -0.2) is 0 Å². The number of nitrogens with zero attached hydrogens (tertiary/aromatic N) is 1. The number of benzene rings is 1. The van der Waals surface area contributed by atoms with Crippen molar-refractivity contribution in [2.24, 2.45) is 5.92 Å². The Morgan fingerprint density at radius 1 is 1.22 bits per heavy atom. The quantitative estimate of drug-likeness (QED) is 0.594. The maximum absolute atomic E-state index is 12.2. The highest BCUT2D eigenvalue weighted by Gasteiger charge is 2.29. The Balaban J connectivity index is 2.81. The second kappa shape index (κ2) is 6.79. The van der Waals surface area contributed by atoms with E-state index in [4.69, 9.17) is 4.74 Å². The van der Waals surface area contributed by atoms with Crippen molar-refractivity contribution in [1.82, 2.24) is 0 Å². The van der Waals surface area contributed by atoms with Crippen molar-refractivity contribution in [3.8, 4) is 0 Å². The van der Waals surface area contributed by atoms with Crippen molar-refractivity contribution in [1.29, 1.82) is 0 Å². The van der Waals surface area contributed by atoms with Crippen LogP contribution in [0.5, 0.6) is 0 Å². The zero-order valence-electron chi connectivity index (χ0n) is 11.1. The van der Waals surface area contributed by atoms with Crippen LogP contribution >= 0.6 is 0 Å². The molecule has 0 saturated heterocycles. The Kier molecular flexibility index (Phi) is 5.36. The molecular weight excluding hydrogens is 230 g/mol. The van der Waals surface area contributed by atoms with Gasteiger partial charge in [0.05, 0.1) is 6.61 Å². The lowest BCUT2D eigenvalue weighted by molar-refractivity contribution is -0.151. The number of hydrogen-bond acceptors (Lipinski definition) is 3. The molecule has 0 saturated carbocycles. The molecule has 1 aromatic rings. The number of para-hydroxylation sites is 1. The number of carbonyl (C=O) groups is 2. The van der Waals surface area contributed by atoms with Gasteiger partial charge in [0.15, 0.2) is 0 Å². The highest BCUT2D eigenvalue weighted by Crippen LogP contribution is 2.17.